The Kier molecular flexibility index (Phi) is 6.98. The van der Waals surface area contributed by atoms with Crippen LogP contribution in [0.5, 0.6) is 5.75 Å². The molecule has 0 bridgehead atoms. The topological polar surface area (TPSA) is 135 Å². The maximum atomic E-state index is 13.5. The SMILES string of the molecule is Cc1ccc(S(=O)(=O)N2C[C@@H](C(=O)Nc3ccc(S(=O)(=O)Nc4ccccn4)cc3)Oc3ccccc32)cc1. The van der Waals surface area contributed by atoms with Crippen molar-refractivity contribution in [2.75, 3.05) is 20.9 Å². The van der Waals surface area contributed by atoms with Crippen molar-refractivity contribution >= 4 is 43.1 Å². The second kappa shape index (κ2) is 10.4. The molecule has 1 atom stereocenters. The number of hydrogen-bond acceptors (Lipinski definition) is 7. The van der Waals surface area contributed by atoms with E-state index in [1.54, 1.807) is 48.5 Å². The van der Waals surface area contributed by atoms with Gasteiger partial charge in [-0.1, -0.05) is 35.9 Å². The number of hydrogen-bond donors (Lipinski definition) is 2. The van der Waals surface area contributed by atoms with E-state index in [0.717, 1.165) is 5.56 Å². The number of anilines is 3. The monoisotopic (exact) mass is 564 g/mol. The number of rotatable bonds is 7. The van der Waals surface area contributed by atoms with Crippen LogP contribution in [0.25, 0.3) is 0 Å². The number of fused-ring (bicyclic) bond motifs is 1. The lowest BCUT2D eigenvalue weighted by molar-refractivity contribution is -0.122. The van der Waals surface area contributed by atoms with Gasteiger partial charge in [0, 0.05) is 11.9 Å². The summed E-state index contributed by atoms with van der Waals surface area (Å²) < 4.78 is 61.7. The standard InChI is InChI=1S/C27H24N4O6S2/c1-19-9-13-22(14-10-19)39(35,36)31-18-25(37-24-7-3-2-6-23(24)31)27(32)29-20-11-15-21(16-12-20)38(33,34)30-26-8-4-5-17-28-26/h2-17,25H,18H2,1H3,(H,28,30)(H,29,32)/t25-/m0/s1. The summed E-state index contributed by atoms with van der Waals surface area (Å²) in [7, 11) is -7.87. The average Bonchev–Trinajstić information content (AvgIpc) is 2.93. The second-order valence-corrected chi connectivity index (χ2v) is 12.3. The van der Waals surface area contributed by atoms with Crippen LogP contribution in [0.4, 0.5) is 17.2 Å². The summed E-state index contributed by atoms with van der Waals surface area (Å²) in [5.41, 5.74) is 1.56. The molecule has 1 aliphatic rings. The Morgan fingerprint density at radius 1 is 0.872 bits per heavy atom. The van der Waals surface area contributed by atoms with Gasteiger partial charge in [-0.05, 0) is 67.6 Å². The fraction of sp³-hybridized carbons (Fsp3) is 0.111. The molecule has 4 aromatic rings. The fourth-order valence-electron chi connectivity index (χ4n) is 3.96. The summed E-state index contributed by atoms with van der Waals surface area (Å²) in [4.78, 5) is 17.2. The van der Waals surface area contributed by atoms with Gasteiger partial charge in [0.2, 0.25) is 0 Å². The van der Waals surface area contributed by atoms with E-state index in [4.69, 9.17) is 4.74 Å². The third kappa shape index (κ3) is 5.56. The van der Waals surface area contributed by atoms with E-state index in [2.05, 4.69) is 15.0 Å². The highest BCUT2D eigenvalue weighted by atomic mass is 32.2. The van der Waals surface area contributed by atoms with Crippen molar-refractivity contribution in [2.24, 2.45) is 0 Å². The number of carbonyl (C=O) groups is 1. The van der Waals surface area contributed by atoms with Crippen LogP contribution >= 0.6 is 0 Å². The Balaban J connectivity index is 1.34. The van der Waals surface area contributed by atoms with Gasteiger partial charge in [0.15, 0.2) is 6.10 Å². The summed E-state index contributed by atoms with van der Waals surface area (Å²) in [6.45, 7) is 1.61. The zero-order valence-corrected chi connectivity index (χ0v) is 22.3. The van der Waals surface area contributed by atoms with Gasteiger partial charge >= 0.3 is 0 Å². The maximum Gasteiger partial charge on any atom is 0.267 e. The van der Waals surface area contributed by atoms with E-state index in [1.165, 1.54) is 53.0 Å². The molecule has 200 valence electrons. The van der Waals surface area contributed by atoms with Crippen LogP contribution in [0.1, 0.15) is 5.56 Å². The molecule has 2 heterocycles. The summed E-state index contributed by atoms with van der Waals surface area (Å²) in [6, 6.07) is 23.5. The number of aromatic nitrogens is 1. The number of nitrogens with one attached hydrogen (secondary N) is 2. The largest absolute Gasteiger partial charge is 0.476 e. The molecule has 0 saturated heterocycles. The Bertz CT molecular complexity index is 1710. The number of benzene rings is 3. The fourth-order valence-corrected chi connectivity index (χ4v) is 6.45. The van der Waals surface area contributed by atoms with Gasteiger partial charge in [-0.2, -0.15) is 0 Å². The first-order valence-electron chi connectivity index (χ1n) is 11.8. The summed E-state index contributed by atoms with van der Waals surface area (Å²) in [5.74, 6) is -0.160. The van der Waals surface area contributed by atoms with Crippen molar-refractivity contribution in [3.8, 4) is 5.75 Å². The van der Waals surface area contributed by atoms with Crippen molar-refractivity contribution in [3.05, 3.63) is 103 Å². The van der Waals surface area contributed by atoms with Gasteiger partial charge in [-0.25, -0.2) is 21.8 Å². The number of sulfonamides is 2. The van der Waals surface area contributed by atoms with E-state index in [9.17, 15) is 21.6 Å². The molecule has 2 N–H and O–H groups in total. The van der Waals surface area contributed by atoms with Gasteiger partial charge in [0.1, 0.15) is 11.6 Å². The van der Waals surface area contributed by atoms with Crippen molar-refractivity contribution < 1.29 is 26.4 Å². The summed E-state index contributed by atoms with van der Waals surface area (Å²) >= 11 is 0. The first-order chi connectivity index (χ1) is 18.6. The van der Waals surface area contributed by atoms with Crippen LogP contribution in [-0.4, -0.2) is 40.4 Å². The summed E-state index contributed by atoms with van der Waals surface area (Å²) in [6.07, 6.45) is 0.310. The molecule has 1 amide bonds. The first-order valence-corrected chi connectivity index (χ1v) is 14.8. The predicted molar refractivity (Wildman–Crippen MR) is 147 cm³/mol. The molecule has 0 radical (unpaired) electrons. The molecule has 39 heavy (non-hydrogen) atoms. The van der Waals surface area contributed by atoms with Crippen LogP contribution in [0.3, 0.4) is 0 Å². The highest BCUT2D eigenvalue weighted by Gasteiger charge is 2.37. The molecular formula is C27H24N4O6S2. The number of pyridine rings is 1. The minimum absolute atomic E-state index is 0.0237. The van der Waals surface area contributed by atoms with Gasteiger partial charge in [0.25, 0.3) is 26.0 Å². The highest BCUT2D eigenvalue weighted by molar-refractivity contribution is 7.93. The van der Waals surface area contributed by atoms with Crippen molar-refractivity contribution in [3.63, 3.8) is 0 Å². The molecule has 1 aromatic heterocycles. The first kappa shape index (κ1) is 26.2. The zero-order valence-electron chi connectivity index (χ0n) is 20.7. The van der Waals surface area contributed by atoms with Crippen molar-refractivity contribution in [1.29, 1.82) is 0 Å². The van der Waals surface area contributed by atoms with Crippen LogP contribution in [0.15, 0.2) is 107 Å². The van der Waals surface area contributed by atoms with Gasteiger partial charge in [-0.15, -0.1) is 0 Å². The normalized spacial score (nSPS) is 15.1. The molecule has 0 spiro atoms. The molecule has 0 fully saturated rings. The minimum Gasteiger partial charge on any atom is -0.476 e. The molecule has 0 saturated carbocycles. The molecule has 5 rings (SSSR count). The molecule has 12 heteroatoms. The van der Waals surface area contributed by atoms with Crippen LogP contribution in [0, 0.1) is 6.92 Å². The Morgan fingerprint density at radius 2 is 1.54 bits per heavy atom. The van der Waals surface area contributed by atoms with Crippen LogP contribution in [0.2, 0.25) is 0 Å². The van der Waals surface area contributed by atoms with E-state index >= 15 is 0 Å². The Labute approximate surface area is 226 Å². The Hall–Kier alpha value is -4.42. The number of para-hydroxylation sites is 2. The number of aryl methyl sites for hydroxylation is 1. The number of carbonyl (C=O) groups excluding carboxylic acids is 1. The van der Waals surface area contributed by atoms with E-state index in [1.807, 2.05) is 6.92 Å². The lowest BCUT2D eigenvalue weighted by Gasteiger charge is -2.34. The van der Waals surface area contributed by atoms with E-state index in [0.29, 0.717) is 11.4 Å². The van der Waals surface area contributed by atoms with E-state index in [-0.39, 0.29) is 27.9 Å². The molecule has 10 nitrogen and oxygen atoms in total. The predicted octanol–water partition coefficient (Wildman–Crippen LogP) is 3.79. The lowest BCUT2D eigenvalue weighted by Crippen LogP contribution is -2.48. The summed E-state index contributed by atoms with van der Waals surface area (Å²) in [5, 5.41) is 2.68. The molecule has 3 aromatic carbocycles. The third-order valence-corrected chi connectivity index (χ3v) is 9.14. The number of ether oxygens (including phenoxy) is 1. The maximum absolute atomic E-state index is 13.5. The number of amides is 1. The van der Waals surface area contributed by atoms with Crippen LogP contribution < -0.4 is 19.1 Å². The lowest BCUT2D eigenvalue weighted by atomic mass is 10.2. The van der Waals surface area contributed by atoms with E-state index < -0.39 is 32.1 Å². The van der Waals surface area contributed by atoms with Gasteiger partial charge < -0.3 is 10.1 Å². The smallest absolute Gasteiger partial charge is 0.267 e. The number of nitrogens with zero attached hydrogens (tertiary/aromatic N) is 2. The quantitative estimate of drug-likeness (QED) is 0.349. The molecular weight excluding hydrogens is 540 g/mol. The zero-order chi connectivity index (χ0) is 27.6. The van der Waals surface area contributed by atoms with Crippen molar-refractivity contribution in [1.82, 2.24) is 4.98 Å². The molecule has 0 unspecified atom stereocenters. The second-order valence-electron chi connectivity index (χ2n) is 8.76. The van der Waals surface area contributed by atoms with Gasteiger partial charge in [0.05, 0.1) is 22.0 Å². The molecule has 1 aliphatic heterocycles. The molecule has 0 aliphatic carbocycles. The third-order valence-electron chi connectivity index (χ3n) is 5.97. The minimum atomic E-state index is -3.98. The Morgan fingerprint density at radius 3 is 2.23 bits per heavy atom. The van der Waals surface area contributed by atoms with Crippen LogP contribution in [-0.2, 0) is 24.8 Å². The van der Waals surface area contributed by atoms with Gasteiger partial charge in [-0.3, -0.25) is 13.8 Å². The average molecular weight is 565 g/mol. The highest BCUT2D eigenvalue weighted by Crippen LogP contribution is 2.37. The van der Waals surface area contributed by atoms with Crippen molar-refractivity contribution in [2.45, 2.75) is 22.8 Å².